The van der Waals surface area contributed by atoms with Crippen LogP contribution in [0.5, 0.6) is 0 Å². The van der Waals surface area contributed by atoms with Crippen molar-refractivity contribution in [2.75, 3.05) is 0 Å². The summed E-state index contributed by atoms with van der Waals surface area (Å²) in [6, 6.07) is 16.0. The van der Waals surface area contributed by atoms with Gasteiger partial charge in [-0.3, -0.25) is 4.79 Å². The highest BCUT2D eigenvalue weighted by atomic mass is 16.1. The maximum atomic E-state index is 12.4. The van der Waals surface area contributed by atoms with Crippen molar-refractivity contribution >= 4 is 16.8 Å². The van der Waals surface area contributed by atoms with Crippen molar-refractivity contribution in [2.24, 2.45) is 0 Å². The molecule has 3 nitrogen and oxygen atoms in total. The van der Waals surface area contributed by atoms with Crippen LogP contribution in [-0.2, 0) is 13.0 Å². The van der Waals surface area contributed by atoms with E-state index in [1.165, 1.54) is 5.56 Å². The van der Waals surface area contributed by atoms with Crippen molar-refractivity contribution in [1.29, 1.82) is 0 Å². The van der Waals surface area contributed by atoms with Crippen LogP contribution in [-0.4, -0.2) is 10.9 Å². The Morgan fingerprint density at radius 3 is 2.67 bits per heavy atom. The summed E-state index contributed by atoms with van der Waals surface area (Å²) in [4.78, 5) is 15.6. The third kappa shape index (κ3) is 2.68. The highest BCUT2D eigenvalue weighted by molar-refractivity contribution is 6.07. The van der Waals surface area contributed by atoms with E-state index in [1.807, 2.05) is 42.5 Å². The summed E-state index contributed by atoms with van der Waals surface area (Å²) >= 11 is 0. The van der Waals surface area contributed by atoms with E-state index in [9.17, 15) is 4.79 Å². The van der Waals surface area contributed by atoms with E-state index in [-0.39, 0.29) is 5.91 Å². The zero-order valence-corrected chi connectivity index (χ0v) is 12.0. The standard InChI is InChI=1S/C18H18N2O/c1-2-14-9-6-10-15-16(12-19-17(14)15)18(21)20-11-13-7-4-3-5-8-13/h3-10,12,19H,2,11H2,1H3,(H,20,21). The van der Waals surface area contributed by atoms with Gasteiger partial charge in [0.2, 0.25) is 0 Å². The number of nitrogens with one attached hydrogen (secondary N) is 2. The van der Waals surface area contributed by atoms with Gasteiger partial charge in [0.1, 0.15) is 0 Å². The highest BCUT2D eigenvalue weighted by Gasteiger charge is 2.12. The molecule has 106 valence electrons. The topological polar surface area (TPSA) is 44.9 Å². The molecule has 0 atom stereocenters. The maximum Gasteiger partial charge on any atom is 0.253 e. The summed E-state index contributed by atoms with van der Waals surface area (Å²) in [5.74, 6) is -0.0432. The number of rotatable bonds is 4. The number of amides is 1. The molecule has 2 N–H and O–H groups in total. The monoisotopic (exact) mass is 278 g/mol. The lowest BCUT2D eigenvalue weighted by molar-refractivity contribution is 0.0952. The van der Waals surface area contributed by atoms with Crippen molar-refractivity contribution in [3.8, 4) is 0 Å². The van der Waals surface area contributed by atoms with E-state index in [2.05, 4.69) is 23.3 Å². The summed E-state index contributed by atoms with van der Waals surface area (Å²) < 4.78 is 0. The van der Waals surface area contributed by atoms with E-state index < -0.39 is 0 Å². The molecule has 0 aliphatic heterocycles. The van der Waals surface area contributed by atoms with Gasteiger partial charge in [0, 0.05) is 23.6 Å². The normalized spacial score (nSPS) is 10.7. The second-order valence-corrected chi connectivity index (χ2v) is 5.06. The molecule has 1 amide bonds. The fourth-order valence-electron chi connectivity index (χ4n) is 2.57. The van der Waals surface area contributed by atoms with Crippen molar-refractivity contribution in [1.82, 2.24) is 10.3 Å². The van der Waals surface area contributed by atoms with Crippen LogP contribution in [0.2, 0.25) is 0 Å². The van der Waals surface area contributed by atoms with Crippen molar-refractivity contribution < 1.29 is 4.79 Å². The molecule has 1 heterocycles. The van der Waals surface area contributed by atoms with Crippen LogP contribution in [0.15, 0.2) is 54.7 Å². The number of hydrogen-bond donors (Lipinski definition) is 2. The minimum atomic E-state index is -0.0432. The first kappa shape index (κ1) is 13.4. The molecule has 0 fully saturated rings. The molecule has 3 aromatic rings. The Balaban J connectivity index is 1.82. The lowest BCUT2D eigenvalue weighted by atomic mass is 10.1. The number of benzene rings is 2. The molecular formula is C18H18N2O. The first-order valence-corrected chi connectivity index (χ1v) is 7.20. The van der Waals surface area contributed by atoms with Crippen molar-refractivity contribution in [3.63, 3.8) is 0 Å². The Morgan fingerprint density at radius 2 is 1.90 bits per heavy atom. The first-order chi connectivity index (χ1) is 10.3. The molecule has 1 aromatic heterocycles. The molecule has 3 rings (SSSR count). The summed E-state index contributed by atoms with van der Waals surface area (Å²) in [5.41, 5.74) is 4.09. The van der Waals surface area contributed by atoms with Gasteiger partial charge in [0.15, 0.2) is 0 Å². The molecule has 3 heteroatoms. The zero-order chi connectivity index (χ0) is 14.7. The van der Waals surface area contributed by atoms with Crippen LogP contribution in [0.4, 0.5) is 0 Å². The van der Waals surface area contributed by atoms with E-state index in [4.69, 9.17) is 0 Å². The Morgan fingerprint density at radius 1 is 1.10 bits per heavy atom. The fraction of sp³-hybridized carbons (Fsp3) is 0.167. The third-order valence-electron chi connectivity index (χ3n) is 3.72. The second-order valence-electron chi connectivity index (χ2n) is 5.06. The minimum absolute atomic E-state index is 0.0432. The molecule has 21 heavy (non-hydrogen) atoms. The van der Waals surface area contributed by atoms with E-state index >= 15 is 0 Å². The van der Waals surface area contributed by atoms with Crippen LogP contribution in [0.1, 0.15) is 28.4 Å². The van der Waals surface area contributed by atoms with Crippen LogP contribution in [0.3, 0.4) is 0 Å². The number of H-pyrrole nitrogens is 1. The summed E-state index contributed by atoms with van der Waals surface area (Å²) in [6.07, 6.45) is 2.74. The van der Waals surface area contributed by atoms with E-state index in [0.29, 0.717) is 12.1 Å². The quantitative estimate of drug-likeness (QED) is 0.751. The maximum absolute atomic E-state index is 12.4. The summed E-state index contributed by atoms with van der Waals surface area (Å²) in [5, 5.41) is 3.96. The zero-order valence-electron chi connectivity index (χ0n) is 12.0. The number of aryl methyl sites for hydroxylation is 1. The fourth-order valence-corrected chi connectivity index (χ4v) is 2.57. The van der Waals surface area contributed by atoms with Crippen molar-refractivity contribution in [2.45, 2.75) is 19.9 Å². The SMILES string of the molecule is CCc1cccc2c(C(=O)NCc3ccccc3)c[nH]c12. The lowest BCUT2D eigenvalue weighted by Gasteiger charge is -2.05. The van der Waals surface area contributed by atoms with Gasteiger partial charge >= 0.3 is 0 Å². The molecular weight excluding hydrogens is 260 g/mol. The average molecular weight is 278 g/mol. The number of carbonyl (C=O) groups is 1. The molecule has 2 aromatic carbocycles. The Hall–Kier alpha value is -2.55. The van der Waals surface area contributed by atoms with Gasteiger partial charge in [-0.25, -0.2) is 0 Å². The predicted octanol–water partition coefficient (Wildman–Crippen LogP) is 3.66. The Bertz CT molecular complexity index is 759. The Labute approximate surface area is 124 Å². The molecule has 0 radical (unpaired) electrons. The predicted molar refractivity (Wildman–Crippen MR) is 85.3 cm³/mol. The van der Waals surface area contributed by atoms with Crippen LogP contribution in [0.25, 0.3) is 10.9 Å². The molecule has 0 aliphatic rings. The Kier molecular flexibility index (Phi) is 3.73. The van der Waals surface area contributed by atoms with Gasteiger partial charge in [0.25, 0.3) is 5.91 Å². The lowest BCUT2D eigenvalue weighted by Crippen LogP contribution is -2.22. The molecule has 0 saturated heterocycles. The van der Waals surface area contributed by atoms with Crippen LogP contribution >= 0.6 is 0 Å². The van der Waals surface area contributed by atoms with E-state index in [0.717, 1.165) is 22.9 Å². The summed E-state index contributed by atoms with van der Waals surface area (Å²) in [7, 11) is 0. The highest BCUT2D eigenvalue weighted by Crippen LogP contribution is 2.22. The third-order valence-corrected chi connectivity index (χ3v) is 3.72. The second kappa shape index (κ2) is 5.83. The molecule has 0 saturated carbocycles. The minimum Gasteiger partial charge on any atom is -0.360 e. The molecule has 0 spiro atoms. The van der Waals surface area contributed by atoms with Gasteiger partial charge < -0.3 is 10.3 Å². The first-order valence-electron chi connectivity index (χ1n) is 7.20. The van der Waals surface area contributed by atoms with Gasteiger partial charge in [-0.2, -0.15) is 0 Å². The van der Waals surface area contributed by atoms with Crippen molar-refractivity contribution in [3.05, 3.63) is 71.4 Å². The molecule has 0 aliphatic carbocycles. The van der Waals surface area contributed by atoms with E-state index in [1.54, 1.807) is 6.20 Å². The van der Waals surface area contributed by atoms with Gasteiger partial charge in [-0.15, -0.1) is 0 Å². The number of fused-ring (bicyclic) bond motifs is 1. The number of aromatic nitrogens is 1. The molecule has 0 bridgehead atoms. The van der Waals surface area contributed by atoms with Crippen LogP contribution in [0, 0.1) is 0 Å². The number of aromatic amines is 1. The number of carbonyl (C=O) groups excluding carboxylic acids is 1. The summed E-state index contributed by atoms with van der Waals surface area (Å²) in [6.45, 7) is 2.66. The average Bonchev–Trinajstić information content (AvgIpc) is 2.97. The smallest absolute Gasteiger partial charge is 0.253 e. The van der Waals surface area contributed by atoms with Gasteiger partial charge in [-0.1, -0.05) is 55.5 Å². The van der Waals surface area contributed by atoms with Crippen LogP contribution < -0.4 is 5.32 Å². The van der Waals surface area contributed by atoms with Gasteiger partial charge in [-0.05, 0) is 17.5 Å². The molecule has 0 unspecified atom stereocenters. The number of para-hydroxylation sites is 1. The van der Waals surface area contributed by atoms with Gasteiger partial charge in [0.05, 0.1) is 5.56 Å². The number of hydrogen-bond acceptors (Lipinski definition) is 1. The largest absolute Gasteiger partial charge is 0.360 e.